The number of nitrogens with zero attached hydrogens (tertiary/aromatic N) is 2. The number of carbonyl (C=O) groups is 3. The average molecular weight is 495 g/mol. The number of anilines is 2. The quantitative estimate of drug-likeness (QED) is 0.472. The van der Waals surface area contributed by atoms with Crippen LogP contribution in [0.1, 0.15) is 45.2 Å². The maximum atomic E-state index is 13.7. The summed E-state index contributed by atoms with van der Waals surface area (Å²) < 4.78 is 27.3. The Morgan fingerprint density at radius 3 is 2.06 bits per heavy atom. The van der Waals surface area contributed by atoms with Crippen molar-refractivity contribution < 1.29 is 23.2 Å². The summed E-state index contributed by atoms with van der Waals surface area (Å²) in [6.07, 6.45) is 1.11. The Hall–Kier alpha value is -4.14. The predicted molar refractivity (Wildman–Crippen MR) is 133 cm³/mol. The van der Waals surface area contributed by atoms with Crippen LogP contribution in [0.4, 0.5) is 20.3 Å². The molecule has 0 spiro atoms. The molecule has 0 saturated heterocycles. The molecule has 1 atom stereocenters. The first-order valence-electron chi connectivity index (χ1n) is 11.4. The number of rotatable bonds is 8. The van der Waals surface area contributed by atoms with Crippen LogP contribution in [0.3, 0.4) is 0 Å². The van der Waals surface area contributed by atoms with E-state index in [2.05, 4.69) is 15.6 Å². The summed E-state index contributed by atoms with van der Waals surface area (Å²) in [7, 11) is 0. The van der Waals surface area contributed by atoms with Crippen LogP contribution in [0.15, 0.2) is 72.9 Å². The predicted octanol–water partition coefficient (Wildman–Crippen LogP) is 4.77. The fraction of sp³-hybridized carbons (Fsp3) is 0.259. The number of aromatic nitrogens is 1. The number of halogens is 2. The van der Waals surface area contributed by atoms with Gasteiger partial charge < -0.3 is 10.6 Å². The van der Waals surface area contributed by atoms with E-state index in [0.717, 1.165) is 0 Å². The first-order valence-corrected chi connectivity index (χ1v) is 11.4. The molecule has 0 aliphatic carbocycles. The Labute approximate surface area is 208 Å². The van der Waals surface area contributed by atoms with Gasteiger partial charge in [-0.05, 0) is 74.9 Å². The van der Waals surface area contributed by atoms with Gasteiger partial charge >= 0.3 is 0 Å². The maximum Gasteiger partial charge on any atom is 0.248 e. The molecule has 0 bridgehead atoms. The summed E-state index contributed by atoms with van der Waals surface area (Å²) in [4.78, 5) is 44.6. The number of hydrogen-bond acceptors (Lipinski definition) is 4. The molecule has 3 amide bonds. The van der Waals surface area contributed by atoms with Gasteiger partial charge in [-0.2, -0.15) is 0 Å². The fourth-order valence-corrected chi connectivity index (χ4v) is 3.52. The second kappa shape index (κ2) is 11.5. The lowest BCUT2D eigenvalue weighted by Gasteiger charge is -2.34. The number of amides is 3. The van der Waals surface area contributed by atoms with Crippen LogP contribution in [-0.4, -0.2) is 28.2 Å². The van der Waals surface area contributed by atoms with E-state index in [1.807, 2.05) is 0 Å². The summed E-state index contributed by atoms with van der Waals surface area (Å²) in [5.41, 5.74) is -0.0196. The Bertz CT molecular complexity index is 1190. The average Bonchev–Trinajstić information content (AvgIpc) is 2.82. The van der Waals surface area contributed by atoms with Crippen LogP contribution in [0, 0.1) is 11.6 Å². The standard InChI is InChI=1S/C27H28F2N4O3/c1-27(2,3)32-26(36)25(18-7-9-19(28)10-8-18)33(21-13-11-20(29)12-14-21)24(35)16-15-23(34)31-22-6-4-5-17-30-22/h4-14,17,25H,15-16H2,1-3H3,(H,32,36)(H,30,31,34)/t25-/m0/s1. The molecule has 0 fully saturated rings. The first kappa shape index (κ1) is 26.5. The lowest BCUT2D eigenvalue weighted by Crippen LogP contribution is -2.49. The number of pyridine rings is 1. The molecular weight excluding hydrogens is 466 g/mol. The number of hydrogen-bond donors (Lipinski definition) is 2. The van der Waals surface area contributed by atoms with Gasteiger partial charge in [0.25, 0.3) is 0 Å². The van der Waals surface area contributed by atoms with Gasteiger partial charge in [0.2, 0.25) is 17.7 Å². The highest BCUT2D eigenvalue weighted by atomic mass is 19.1. The highest BCUT2D eigenvalue weighted by molar-refractivity contribution is 6.03. The van der Waals surface area contributed by atoms with Crippen LogP contribution in [0.2, 0.25) is 0 Å². The minimum atomic E-state index is -1.19. The van der Waals surface area contributed by atoms with E-state index in [1.165, 1.54) is 59.6 Å². The third-order valence-electron chi connectivity index (χ3n) is 5.06. The minimum absolute atomic E-state index is 0.176. The normalized spacial score (nSPS) is 11.9. The molecule has 188 valence electrons. The van der Waals surface area contributed by atoms with Crippen molar-refractivity contribution in [1.29, 1.82) is 0 Å². The molecule has 3 aromatic rings. The van der Waals surface area contributed by atoms with Crippen LogP contribution in [0.5, 0.6) is 0 Å². The number of carbonyl (C=O) groups excluding carboxylic acids is 3. The summed E-state index contributed by atoms with van der Waals surface area (Å²) >= 11 is 0. The zero-order valence-corrected chi connectivity index (χ0v) is 20.3. The van der Waals surface area contributed by atoms with Crippen molar-refractivity contribution in [1.82, 2.24) is 10.3 Å². The Kier molecular flexibility index (Phi) is 8.47. The van der Waals surface area contributed by atoms with E-state index < -0.39 is 40.9 Å². The van der Waals surface area contributed by atoms with Crippen LogP contribution in [-0.2, 0) is 14.4 Å². The van der Waals surface area contributed by atoms with Crippen molar-refractivity contribution in [2.75, 3.05) is 10.2 Å². The third-order valence-corrected chi connectivity index (χ3v) is 5.06. The molecule has 2 N–H and O–H groups in total. The van der Waals surface area contributed by atoms with E-state index in [0.29, 0.717) is 11.4 Å². The summed E-state index contributed by atoms with van der Waals surface area (Å²) in [6.45, 7) is 5.37. The third kappa shape index (κ3) is 7.43. The van der Waals surface area contributed by atoms with Gasteiger partial charge in [0.15, 0.2) is 0 Å². The summed E-state index contributed by atoms with van der Waals surface area (Å²) in [6, 6.07) is 14.2. The van der Waals surface area contributed by atoms with Crippen molar-refractivity contribution in [2.24, 2.45) is 0 Å². The minimum Gasteiger partial charge on any atom is -0.349 e. The van der Waals surface area contributed by atoms with Crippen LogP contribution >= 0.6 is 0 Å². The highest BCUT2D eigenvalue weighted by Crippen LogP contribution is 2.30. The van der Waals surface area contributed by atoms with Gasteiger partial charge in [-0.15, -0.1) is 0 Å². The fourth-order valence-electron chi connectivity index (χ4n) is 3.52. The molecule has 1 heterocycles. The summed E-state index contributed by atoms with van der Waals surface area (Å²) in [5.74, 6) is -2.16. The molecule has 3 rings (SSSR count). The van der Waals surface area contributed by atoms with Crippen molar-refractivity contribution in [2.45, 2.75) is 45.2 Å². The van der Waals surface area contributed by atoms with Crippen molar-refractivity contribution >= 4 is 29.2 Å². The van der Waals surface area contributed by atoms with Gasteiger partial charge in [0.05, 0.1) is 0 Å². The van der Waals surface area contributed by atoms with Gasteiger partial charge in [-0.3, -0.25) is 19.3 Å². The van der Waals surface area contributed by atoms with Gasteiger partial charge in [0.1, 0.15) is 23.5 Å². The molecule has 1 aromatic heterocycles. The topological polar surface area (TPSA) is 91.4 Å². The zero-order valence-electron chi connectivity index (χ0n) is 20.3. The van der Waals surface area contributed by atoms with Gasteiger partial charge in [-0.25, -0.2) is 13.8 Å². The molecule has 0 aliphatic rings. The van der Waals surface area contributed by atoms with Crippen molar-refractivity contribution in [3.05, 3.63) is 90.1 Å². The molecule has 0 unspecified atom stereocenters. The molecular formula is C27H28F2N4O3. The highest BCUT2D eigenvalue weighted by Gasteiger charge is 2.34. The monoisotopic (exact) mass is 494 g/mol. The van der Waals surface area contributed by atoms with Gasteiger partial charge in [0, 0.05) is 30.3 Å². The molecule has 2 aromatic carbocycles. The molecule has 36 heavy (non-hydrogen) atoms. The Balaban J connectivity index is 1.94. The van der Waals surface area contributed by atoms with E-state index >= 15 is 0 Å². The van der Waals surface area contributed by atoms with E-state index in [9.17, 15) is 23.2 Å². The van der Waals surface area contributed by atoms with E-state index in [1.54, 1.807) is 39.0 Å². The first-order chi connectivity index (χ1) is 17.0. The van der Waals surface area contributed by atoms with Gasteiger partial charge in [-0.1, -0.05) is 18.2 Å². The number of nitrogens with one attached hydrogen (secondary N) is 2. The zero-order chi connectivity index (χ0) is 26.3. The molecule has 0 saturated carbocycles. The second-order valence-electron chi connectivity index (χ2n) is 9.20. The van der Waals surface area contributed by atoms with Crippen LogP contribution in [0.25, 0.3) is 0 Å². The van der Waals surface area contributed by atoms with Crippen molar-refractivity contribution in [3.8, 4) is 0 Å². The summed E-state index contributed by atoms with van der Waals surface area (Å²) in [5, 5.41) is 5.47. The Morgan fingerprint density at radius 1 is 0.889 bits per heavy atom. The maximum absolute atomic E-state index is 13.7. The Morgan fingerprint density at radius 2 is 1.50 bits per heavy atom. The molecule has 0 aliphatic heterocycles. The second-order valence-corrected chi connectivity index (χ2v) is 9.20. The SMILES string of the molecule is CC(C)(C)NC(=O)[C@H](c1ccc(F)cc1)N(C(=O)CCC(=O)Nc1ccccn1)c1ccc(F)cc1. The lowest BCUT2D eigenvalue weighted by atomic mass is 10.00. The molecule has 7 nitrogen and oxygen atoms in total. The van der Waals surface area contributed by atoms with E-state index in [-0.39, 0.29) is 18.5 Å². The van der Waals surface area contributed by atoms with Crippen molar-refractivity contribution in [3.63, 3.8) is 0 Å². The smallest absolute Gasteiger partial charge is 0.248 e. The molecule has 9 heteroatoms. The largest absolute Gasteiger partial charge is 0.349 e. The van der Waals surface area contributed by atoms with Crippen LogP contribution < -0.4 is 15.5 Å². The number of benzene rings is 2. The van der Waals surface area contributed by atoms with E-state index in [4.69, 9.17) is 0 Å². The lowest BCUT2D eigenvalue weighted by molar-refractivity contribution is -0.128. The molecule has 0 radical (unpaired) electrons.